The van der Waals surface area contributed by atoms with Crippen molar-refractivity contribution >= 4 is 11.8 Å². The Morgan fingerprint density at radius 2 is 1.80 bits per heavy atom. The number of allylic oxidation sites excluding steroid dienone is 1. The van der Waals surface area contributed by atoms with Crippen LogP contribution in [0.5, 0.6) is 0 Å². The smallest absolute Gasteiger partial charge is 0.302 e. The fourth-order valence-electron chi connectivity index (χ4n) is 10.7. The van der Waals surface area contributed by atoms with E-state index in [1.54, 1.807) is 21.0 Å². The molecule has 0 aromatic heterocycles. The maximum atomic E-state index is 13.1. The van der Waals surface area contributed by atoms with Crippen LogP contribution >= 0.6 is 0 Å². The summed E-state index contributed by atoms with van der Waals surface area (Å²) in [5.41, 5.74) is -0.801. The number of Topliss-reactive ketones (excluding diaryl/α,β-unsaturated/α-hetero) is 1. The SMILES string of the molecule is CO[C@@H]1O[C@@H]([C@H](O)C(C)(C)O)C[C@@H]1[C@H]1CC=C2[C@@]3(C)[C@H](CC[C@@]21C)[C@@]1(C)CCC(=O)C(C)(C)[C@@H]1C[C@H]3OC(C)=O. The predicted molar refractivity (Wildman–Crippen MR) is 151 cm³/mol. The number of carbonyl (C=O) groups excluding carboxylic acids is 2. The molecule has 40 heavy (non-hydrogen) atoms. The van der Waals surface area contributed by atoms with Crippen LogP contribution in [-0.2, 0) is 23.8 Å². The van der Waals surface area contributed by atoms with E-state index in [1.165, 1.54) is 12.5 Å². The van der Waals surface area contributed by atoms with Crippen molar-refractivity contribution in [2.75, 3.05) is 7.11 Å². The number of methoxy groups -OCH3 is 1. The first-order valence-corrected chi connectivity index (χ1v) is 15.4. The van der Waals surface area contributed by atoms with Crippen LogP contribution in [0.2, 0.25) is 0 Å². The Labute approximate surface area is 240 Å². The molecule has 1 heterocycles. The number of ketones is 1. The topological polar surface area (TPSA) is 102 Å². The van der Waals surface area contributed by atoms with Crippen molar-refractivity contribution in [1.29, 1.82) is 0 Å². The van der Waals surface area contributed by atoms with Gasteiger partial charge in [-0.3, -0.25) is 9.59 Å². The molecule has 7 nitrogen and oxygen atoms in total. The number of ether oxygens (including phenoxy) is 3. The van der Waals surface area contributed by atoms with Gasteiger partial charge in [-0.1, -0.05) is 46.3 Å². The van der Waals surface area contributed by atoms with Gasteiger partial charge in [-0.15, -0.1) is 0 Å². The molecule has 7 heteroatoms. The highest BCUT2D eigenvalue weighted by atomic mass is 16.7. The highest BCUT2D eigenvalue weighted by molar-refractivity contribution is 5.85. The van der Waals surface area contributed by atoms with Gasteiger partial charge in [0.2, 0.25) is 0 Å². The molecule has 0 radical (unpaired) electrons. The third-order valence-corrected chi connectivity index (χ3v) is 12.8. The summed E-state index contributed by atoms with van der Waals surface area (Å²) in [4.78, 5) is 25.6. The number of carbonyl (C=O) groups is 2. The highest BCUT2D eigenvalue weighted by Gasteiger charge is 2.70. The lowest BCUT2D eigenvalue weighted by Gasteiger charge is -2.67. The zero-order chi connectivity index (χ0) is 29.6. The second kappa shape index (κ2) is 9.62. The zero-order valence-electron chi connectivity index (χ0n) is 26.1. The van der Waals surface area contributed by atoms with E-state index in [-0.39, 0.29) is 46.1 Å². The Hall–Kier alpha value is -1.28. The van der Waals surface area contributed by atoms with E-state index in [0.29, 0.717) is 31.0 Å². The van der Waals surface area contributed by atoms with E-state index in [4.69, 9.17) is 14.2 Å². The Bertz CT molecular complexity index is 1070. The molecule has 4 fully saturated rings. The number of aliphatic hydroxyl groups excluding tert-OH is 1. The molecule has 0 spiro atoms. The van der Waals surface area contributed by atoms with Crippen LogP contribution in [-0.4, -0.2) is 59.3 Å². The fraction of sp³-hybridized carbons (Fsp3) is 0.879. The van der Waals surface area contributed by atoms with Gasteiger partial charge in [-0.25, -0.2) is 0 Å². The minimum absolute atomic E-state index is 0.0173. The number of aliphatic hydroxyl groups is 2. The number of fused-ring (bicyclic) bond motifs is 5. The molecule has 0 aromatic rings. The Morgan fingerprint density at radius 3 is 2.40 bits per heavy atom. The van der Waals surface area contributed by atoms with Crippen molar-refractivity contribution in [1.82, 2.24) is 0 Å². The van der Waals surface area contributed by atoms with Gasteiger partial charge in [0.25, 0.3) is 0 Å². The van der Waals surface area contributed by atoms with Crippen molar-refractivity contribution in [3.05, 3.63) is 11.6 Å². The number of hydrogen-bond acceptors (Lipinski definition) is 7. The van der Waals surface area contributed by atoms with Crippen molar-refractivity contribution in [3.63, 3.8) is 0 Å². The molecule has 226 valence electrons. The summed E-state index contributed by atoms with van der Waals surface area (Å²) >= 11 is 0. The minimum Gasteiger partial charge on any atom is -0.462 e. The molecule has 0 aromatic carbocycles. The van der Waals surface area contributed by atoms with E-state index in [9.17, 15) is 19.8 Å². The number of esters is 1. The van der Waals surface area contributed by atoms with E-state index in [1.807, 2.05) is 0 Å². The predicted octanol–water partition coefficient (Wildman–Crippen LogP) is 5.21. The molecule has 0 amide bonds. The van der Waals surface area contributed by atoms with Gasteiger partial charge < -0.3 is 24.4 Å². The molecule has 0 bridgehead atoms. The molecule has 5 aliphatic rings. The molecule has 4 aliphatic carbocycles. The summed E-state index contributed by atoms with van der Waals surface area (Å²) in [7, 11) is 1.66. The van der Waals surface area contributed by atoms with Crippen LogP contribution in [0, 0.1) is 45.3 Å². The van der Waals surface area contributed by atoms with Crippen LogP contribution in [0.3, 0.4) is 0 Å². The molecule has 1 saturated heterocycles. The maximum absolute atomic E-state index is 13.1. The van der Waals surface area contributed by atoms with Crippen LogP contribution in [0.1, 0.15) is 100 Å². The van der Waals surface area contributed by atoms with Crippen molar-refractivity contribution in [2.24, 2.45) is 45.3 Å². The molecule has 11 atom stereocenters. The van der Waals surface area contributed by atoms with Crippen LogP contribution in [0.4, 0.5) is 0 Å². The quantitative estimate of drug-likeness (QED) is 0.351. The van der Waals surface area contributed by atoms with Gasteiger partial charge in [0.05, 0.1) is 11.7 Å². The van der Waals surface area contributed by atoms with Gasteiger partial charge in [-0.2, -0.15) is 0 Å². The average Bonchev–Trinajstić information content (AvgIpc) is 3.43. The van der Waals surface area contributed by atoms with Crippen LogP contribution in [0.15, 0.2) is 11.6 Å². The fourth-order valence-corrected chi connectivity index (χ4v) is 10.7. The van der Waals surface area contributed by atoms with Gasteiger partial charge >= 0.3 is 5.97 Å². The molecule has 2 N–H and O–H groups in total. The molecule has 0 unspecified atom stereocenters. The number of hydrogen-bond donors (Lipinski definition) is 2. The summed E-state index contributed by atoms with van der Waals surface area (Å²) in [6.07, 6.45) is 5.90. The van der Waals surface area contributed by atoms with Gasteiger partial charge in [0.1, 0.15) is 18.0 Å². The molecular formula is C33H52O7. The largest absolute Gasteiger partial charge is 0.462 e. The van der Waals surface area contributed by atoms with Crippen LogP contribution in [0.25, 0.3) is 0 Å². The first-order valence-electron chi connectivity index (χ1n) is 15.4. The average molecular weight is 561 g/mol. The van der Waals surface area contributed by atoms with E-state index < -0.39 is 29.5 Å². The Morgan fingerprint density at radius 1 is 1.12 bits per heavy atom. The van der Waals surface area contributed by atoms with Gasteiger partial charge in [-0.05, 0) is 81.0 Å². The van der Waals surface area contributed by atoms with Gasteiger partial charge in [0, 0.05) is 37.2 Å². The Balaban J connectivity index is 1.51. The second-order valence-electron chi connectivity index (χ2n) is 15.6. The third kappa shape index (κ3) is 4.19. The van der Waals surface area contributed by atoms with Crippen LogP contribution < -0.4 is 0 Å². The third-order valence-electron chi connectivity index (χ3n) is 12.8. The van der Waals surface area contributed by atoms with Gasteiger partial charge in [0.15, 0.2) is 6.29 Å². The lowest BCUT2D eigenvalue weighted by molar-refractivity contribution is -0.207. The number of rotatable bonds is 5. The molecule has 1 aliphatic heterocycles. The first kappa shape index (κ1) is 30.2. The summed E-state index contributed by atoms with van der Waals surface area (Å²) in [5.74, 6) is 0.847. The minimum atomic E-state index is -1.27. The molecular weight excluding hydrogens is 508 g/mol. The van der Waals surface area contributed by atoms with Crippen molar-refractivity contribution in [2.45, 2.75) is 131 Å². The highest BCUT2D eigenvalue weighted by Crippen LogP contribution is 2.73. The monoisotopic (exact) mass is 560 g/mol. The standard InChI is InChI=1S/C33H52O7/c1-18(34)39-26-17-24-29(2,3)25(35)13-15-32(24,7)23-12-14-31(6)20(10-11-22(31)33(23,26)8)19-16-21(40-28(19)38-9)27(36)30(4,5)37/h11,19-21,23-24,26-28,36-37H,10,12-17H2,1-9H3/t19-,20-,21-,23-,24+,26-,27+,28-,31-,32-,33+/m1/s1. The summed E-state index contributed by atoms with van der Waals surface area (Å²) in [6, 6.07) is 0. The van der Waals surface area contributed by atoms with E-state index >= 15 is 0 Å². The van der Waals surface area contributed by atoms with E-state index in [0.717, 1.165) is 25.7 Å². The zero-order valence-corrected chi connectivity index (χ0v) is 26.1. The first-order chi connectivity index (χ1) is 18.4. The van der Waals surface area contributed by atoms with E-state index in [2.05, 4.69) is 40.7 Å². The summed E-state index contributed by atoms with van der Waals surface area (Å²) in [5, 5.41) is 21.3. The lowest BCUT2D eigenvalue weighted by atomic mass is 9.37. The van der Waals surface area contributed by atoms with Crippen molar-refractivity contribution in [3.8, 4) is 0 Å². The Kier molecular flexibility index (Phi) is 7.26. The maximum Gasteiger partial charge on any atom is 0.302 e. The van der Waals surface area contributed by atoms with Crippen molar-refractivity contribution < 1.29 is 34.0 Å². The second-order valence-corrected chi connectivity index (χ2v) is 15.6. The summed E-state index contributed by atoms with van der Waals surface area (Å²) in [6.45, 7) is 16.0. The lowest BCUT2D eigenvalue weighted by Crippen LogP contribution is -2.65. The molecule has 3 saturated carbocycles. The molecule has 5 rings (SSSR count). The normalized spacial score (nSPS) is 47.1. The summed E-state index contributed by atoms with van der Waals surface area (Å²) < 4.78 is 18.3.